The van der Waals surface area contributed by atoms with E-state index in [9.17, 15) is 9.59 Å². The zero-order valence-corrected chi connectivity index (χ0v) is 14.6. The Balaban J connectivity index is 2.01. The molecule has 2 aromatic carbocycles. The third kappa shape index (κ3) is 4.44. The molecule has 2 rings (SSSR count). The highest BCUT2D eigenvalue weighted by molar-refractivity contribution is 6.08. The van der Waals surface area contributed by atoms with Gasteiger partial charge in [0, 0.05) is 11.4 Å². The van der Waals surface area contributed by atoms with E-state index in [1.54, 1.807) is 0 Å². The van der Waals surface area contributed by atoms with E-state index in [1.807, 2.05) is 56.3 Å². The van der Waals surface area contributed by atoms with E-state index in [4.69, 9.17) is 0 Å². The number of amides is 2. The summed E-state index contributed by atoms with van der Waals surface area (Å²) in [4.78, 5) is 24.4. The van der Waals surface area contributed by atoms with Crippen LogP contribution in [0.3, 0.4) is 0 Å². The molecule has 0 fully saturated rings. The standard InChI is InChI=1S/C20H24N2O2/c1-13(2)16-10-5-6-11-17(16)21-18(23)12-19(24)22-20-14(3)8-7-9-15(20)4/h5-11,13H,12H2,1-4H3,(H,21,23)(H,22,24). The lowest BCUT2D eigenvalue weighted by atomic mass is 10.0. The van der Waals surface area contributed by atoms with Gasteiger partial charge in [0.05, 0.1) is 0 Å². The van der Waals surface area contributed by atoms with Crippen molar-refractivity contribution < 1.29 is 9.59 Å². The van der Waals surface area contributed by atoms with Crippen molar-refractivity contribution in [1.82, 2.24) is 0 Å². The minimum atomic E-state index is -0.313. The van der Waals surface area contributed by atoms with Crippen molar-refractivity contribution in [3.05, 3.63) is 59.2 Å². The zero-order valence-electron chi connectivity index (χ0n) is 14.6. The van der Waals surface area contributed by atoms with Gasteiger partial charge in [-0.2, -0.15) is 0 Å². The molecule has 24 heavy (non-hydrogen) atoms. The fourth-order valence-corrected chi connectivity index (χ4v) is 2.65. The molecule has 126 valence electrons. The molecule has 0 aliphatic rings. The summed E-state index contributed by atoms with van der Waals surface area (Å²) in [5.74, 6) is -0.330. The van der Waals surface area contributed by atoms with Crippen LogP contribution in [0, 0.1) is 13.8 Å². The van der Waals surface area contributed by atoms with Gasteiger partial charge >= 0.3 is 0 Å². The quantitative estimate of drug-likeness (QED) is 0.801. The van der Waals surface area contributed by atoms with Crippen molar-refractivity contribution in [1.29, 1.82) is 0 Å². The smallest absolute Gasteiger partial charge is 0.233 e. The number of nitrogens with one attached hydrogen (secondary N) is 2. The second-order valence-corrected chi connectivity index (χ2v) is 6.28. The van der Waals surface area contributed by atoms with Crippen molar-refractivity contribution >= 4 is 23.2 Å². The highest BCUT2D eigenvalue weighted by atomic mass is 16.2. The molecule has 0 radical (unpaired) electrons. The first-order valence-electron chi connectivity index (χ1n) is 8.13. The minimum absolute atomic E-state index is 0.208. The van der Waals surface area contributed by atoms with E-state index >= 15 is 0 Å². The number of anilines is 2. The average molecular weight is 324 g/mol. The molecule has 0 heterocycles. The maximum atomic E-state index is 12.2. The molecular formula is C20H24N2O2. The second kappa shape index (κ2) is 7.77. The lowest BCUT2D eigenvalue weighted by Crippen LogP contribution is -2.22. The van der Waals surface area contributed by atoms with Crippen LogP contribution >= 0.6 is 0 Å². The molecule has 2 amide bonds. The summed E-state index contributed by atoms with van der Waals surface area (Å²) in [7, 11) is 0. The number of benzene rings is 2. The Hall–Kier alpha value is -2.62. The monoisotopic (exact) mass is 324 g/mol. The average Bonchev–Trinajstić information content (AvgIpc) is 2.51. The van der Waals surface area contributed by atoms with Gasteiger partial charge in [0.1, 0.15) is 6.42 Å². The van der Waals surface area contributed by atoms with Crippen molar-refractivity contribution in [3.8, 4) is 0 Å². The fraction of sp³-hybridized carbons (Fsp3) is 0.300. The number of carbonyl (C=O) groups excluding carboxylic acids is 2. The zero-order chi connectivity index (χ0) is 17.7. The molecule has 0 aliphatic carbocycles. The summed E-state index contributed by atoms with van der Waals surface area (Å²) >= 11 is 0. The van der Waals surface area contributed by atoms with Gasteiger partial charge in [-0.05, 0) is 42.5 Å². The van der Waals surface area contributed by atoms with Gasteiger partial charge < -0.3 is 10.6 Å². The van der Waals surface area contributed by atoms with Crippen molar-refractivity contribution in [3.63, 3.8) is 0 Å². The first kappa shape index (κ1) is 17.7. The lowest BCUT2D eigenvalue weighted by Gasteiger charge is -2.14. The second-order valence-electron chi connectivity index (χ2n) is 6.28. The number of rotatable bonds is 5. The van der Waals surface area contributed by atoms with Crippen molar-refractivity contribution in [2.24, 2.45) is 0 Å². The molecule has 0 bridgehead atoms. The Bertz CT molecular complexity index is 731. The highest BCUT2D eigenvalue weighted by Crippen LogP contribution is 2.24. The third-order valence-corrected chi connectivity index (χ3v) is 3.92. The van der Waals surface area contributed by atoms with Crippen LogP contribution in [0.15, 0.2) is 42.5 Å². The maximum absolute atomic E-state index is 12.2. The van der Waals surface area contributed by atoms with Gasteiger partial charge in [-0.15, -0.1) is 0 Å². The van der Waals surface area contributed by atoms with Crippen LogP contribution in [0.25, 0.3) is 0 Å². The summed E-state index contributed by atoms with van der Waals surface area (Å²) in [5, 5.41) is 5.67. The molecule has 2 aromatic rings. The van der Waals surface area contributed by atoms with Gasteiger partial charge in [-0.25, -0.2) is 0 Å². The molecule has 2 N–H and O–H groups in total. The van der Waals surface area contributed by atoms with E-state index in [1.165, 1.54) is 0 Å². The number of carbonyl (C=O) groups is 2. The maximum Gasteiger partial charge on any atom is 0.233 e. The molecule has 0 atom stereocenters. The van der Waals surface area contributed by atoms with E-state index in [-0.39, 0.29) is 18.2 Å². The Morgan fingerprint density at radius 1 is 0.875 bits per heavy atom. The topological polar surface area (TPSA) is 58.2 Å². The highest BCUT2D eigenvalue weighted by Gasteiger charge is 2.14. The van der Waals surface area contributed by atoms with Crippen LogP contribution in [0.1, 0.15) is 42.9 Å². The van der Waals surface area contributed by atoms with Crippen LogP contribution < -0.4 is 10.6 Å². The molecule has 4 heteroatoms. The molecule has 0 spiro atoms. The van der Waals surface area contributed by atoms with Gasteiger partial charge in [0.25, 0.3) is 0 Å². The third-order valence-electron chi connectivity index (χ3n) is 3.92. The van der Waals surface area contributed by atoms with Crippen LogP contribution in [-0.4, -0.2) is 11.8 Å². The van der Waals surface area contributed by atoms with E-state index in [0.717, 1.165) is 28.1 Å². The Morgan fingerprint density at radius 2 is 1.46 bits per heavy atom. The lowest BCUT2D eigenvalue weighted by molar-refractivity contribution is -0.123. The summed E-state index contributed by atoms with van der Waals surface area (Å²) in [6, 6.07) is 13.5. The molecule has 0 saturated heterocycles. The first-order valence-corrected chi connectivity index (χ1v) is 8.13. The molecular weight excluding hydrogens is 300 g/mol. The number of aryl methyl sites for hydroxylation is 2. The van der Waals surface area contributed by atoms with Crippen molar-refractivity contribution in [2.75, 3.05) is 10.6 Å². The predicted octanol–water partition coefficient (Wildman–Crippen LogP) is 4.39. The summed E-state index contributed by atoms with van der Waals surface area (Å²) in [6.45, 7) is 8.00. The van der Waals surface area contributed by atoms with Crippen LogP contribution in [0.4, 0.5) is 11.4 Å². The molecule has 0 saturated carbocycles. The van der Waals surface area contributed by atoms with Gasteiger partial charge in [-0.1, -0.05) is 50.2 Å². The SMILES string of the molecule is Cc1cccc(C)c1NC(=O)CC(=O)Nc1ccccc1C(C)C. The van der Waals surface area contributed by atoms with Crippen LogP contribution in [0.2, 0.25) is 0 Å². The van der Waals surface area contributed by atoms with Gasteiger partial charge in [0.15, 0.2) is 0 Å². The van der Waals surface area contributed by atoms with Crippen LogP contribution in [0.5, 0.6) is 0 Å². The van der Waals surface area contributed by atoms with Gasteiger partial charge in [0.2, 0.25) is 11.8 Å². The molecule has 4 nitrogen and oxygen atoms in total. The van der Waals surface area contributed by atoms with E-state index in [2.05, 4.69) is 24.5 Å². The largest absolute Gasteiger partial charge is 0.325 e. The van der Waals surface area contributed by atoms with E-state index < -0.39 is 0 Å². The number of para-hydroxylation sites is 2. The normalized spacial score (nSPS) is 10.5. The van der Waals surface area contributed by atoms with E-state index in [0.29, 0.717) is 5.92 Å². The van der Waals surface area contributed by atoms with Gasteiger partial charge in [-0.3, -0.25) is 9.59 Å². The summed E-state index contributed by atoms with van der Waals surface area (Å²) < 4.78 is 0. The van der Waals surface area contributed by atoms with Crippen molar-refractivity contribution in [2.45, 2.75) is 40.0 Å². The number of hydrogen-bond acceptors (Lipinski definition) is 2. The Kier molecular flexibility index (Phi) is 5.74. The minimum Gasteiger partial charge on any atom is -0.325 e. The summed E-state index contributed by atoms with van der Waals surface area (Å²) in [6.07, 6.45) is -0.208. The van der Waals surface area contributed by atoms with Crippen LogP contribution in [-0.2, 0) is 9.59 Å². The molecule has 0 aliphatic heterocycles. The Morgan fingerprint density at radius 3 is 2.08 bits per heavy atom. The Labute approximate surface area is 143 Å². The molecule has 0 aromatic heterocycles. The number of hydrogen-bond donors (Lipinski definition) is 2. The fourth-order valence-electron chi connectivity index (χ4n) is 2.65. The molecule has 0 unspecified atom stereocenters. The predicted molar refractivity (Wildman–Crippen MR) is 98.3 cm³/mol. The summed E-state index contributed by atoms with van der Waals surface area (Å²) in [5.41, 5.74) is 4.55. The first-order chi connectivity index (χ1) is 11.4.